The number of rotatable bonds is 3. The molecule has 1 fully saturated rings. The summed E-state index contributed by atoms with van der Waals surface area (Å²) in [6, 6.07) is 6.02. The second kappa shape index (κ2) is 7.81. The standard InChI is InChI=1S/C21H23ClN8S/c22-16-13(3-7-27-18(16)24)31-20-19(25)29-15(11-28-20)30-8-4-21(5-9-30)14(23)10-12-2-1-6-26-17(12)21/h1-3,6-7,11,14H,4-5,8-10,23H2,(H2,24,27)(H2,25,29). The van der Waals surface area contributed by atoms with Crippen molar-refractivity contribution in [1.82, 2.24) is 19.9 Å². The van der Waals surface area contributed by atoms with Crippen molar-refractivity contribution >= 4 is 40.8 Å². The van der Waals surface area contributed by atoms with Gasteiger partial charge in [0.1, 0.15) is 16.7 Å². The second-order valence-corrected chi connectivity index (χ2v) is 9.40. The first kappa shape index (κ1) is 20.3. The van der Waals surface area contributed by atoms with E-state index in [1.54, 1.807) is 18.5 Å². The van der Waals surface area contributed by atoms with Crippen LogP contribution >= 0.6 is 23.4 Å². The molecule has 10 heteroatoms. The van der Waals surface area contributed by atoms with Gasteiger partial charge in [0.15, 0.2) is 5.82 Å². The fourth-order valence-electron chi connectivity index (χ4n) is 4.64. The Morgan fingerprint density at radius 1 is 1.06 bits per heavy atom. The molecule has 1 aliphatic heterocycles. The number of nitrogen functional groups attached to an aromatic ring is 2. The predicted molar refractivity (Wildman–Crippen MR) is 123 cm³/mol. The maximum atomic E-state index is 6.59. The van der Waals surface area contributed by atoms with Crippen molar-refractivity contribution in [2.24, 2.45) is 5.73 Å². The average Bonchev–Trinajstić information content (AvgIpc) is 3.04. The Kier molecular flexibility index (Phi) is 5.11. The topological polar surface area (TPSA) is 133 Å². The van der Waals surface area contributed by atoms with E-state index in [0.29, 0.717) is 15.9 Å². The largest absolute Gasteiger partial charge is 0.382 e. The molecule has 3 aromatic rings. The van der Waals surface area contributed by atoms with Gasteiger partial charge in [0, 0.05) is 41.8 Å². The van der Waals surface area contributed by atoms with E-state index in [9.17, 15) is 0 Å². The lowest BCUT2D eigenvalue weighted by Crippen LogP contribution is -2.51. The molecule has 1 spiro atoms. The molecule has 0 aromatic carbocycles. The first-order valence-corrected chi connectivity index (χ1v) is 11.3. The van der Waals surface area contributed by atoms with E-state index in [0.717, 1.165) is 43.1 Å². The van der Waals surface area contributed by atoms with Crippen LogP contribution in [0.1, 0.15) is 24.1 Å². The fourth-order valence-corrected chi connectivity index (χ4v) is 5.65. The summed E-state index contributed by atoms with van der Waals surface area (Å²) in [6.07, 6.45) is 7.99. The molecular formula is C21H23ClN8S. The maximum Gasteiger partial charge on any atom is 0.158 e. The van der Waals surface area contributed by atoms with Gasteiger partial charge in [-0.3, -0.25) is 4.98 Å². The first-order chi connectivity index (χ1) is 15.0. The predicted octanol–water partition coefficient (Wildman–Crippen LogP) is 2.66. The lowest BCUT2D eigenvalue weighted by molar-refractivity contribution is 0.286. The van der Waals surface area contributed by atoms with Gasteiger partial charge in [0.2, 0.25) is 0 Å². The Labute approximate surface area is 189 Å². The van der Waals surface area contributed by atoms with Crippen LogP contribution in [0.15, 0.2) is 46.7 Å². The van der Waals surface area contributed by atoms with Crippen LogP contribution < -0.4 is 22.1 Å². The normalized spacial score (nSPS) is 19.5. The van der Waals surface area contributed by atoms with E-state index in [2.05, 4.69) is 30.9 Å². The van der Waals surface area contributed by atoms with Crippen LogP contribution in [0.2, 0.25) is 5.02 Å². The monoisotopic (exact) mass is 454 g/mol. The summed E-state index contributed by atoms with van der Waals surface area (Å²) >= 11 is 7.56. The van der Waals surface area contributed by atoms with Crippen LogP contribution in [0, 0.1) is 0 Å². The summed E-state index contributed by atoms with van der Waals surface area (Å²) in [6.45, 7) is 1.66. The Balaban J connectivity index is 1.32. The van der Waals surface area contributed by atoms with Crippen molar-refractivity contribution in [1.29, 1.82) is 0 Å². The molecule has 5 rings (SSSR count). The van der Waals surface area contributed by atoms with Crippen LogP contribution in [-0.2, 0) is 11.8 Å². The molecule has 1 aliphatic carbocycles. The number of fused-ring (bicyclic) bond motifs is 2. The van der Waals surface area contributed by atoms with E-state index in [1.165, 1.54) is 23.0 Å². The highest BCUT2D eigenvalue weighted by molar-refractivity contribution is 7.99. The fraction of sp³-hybridized carbons (Fsp3) is 0.333. The lowest BCUT2D eigenvalue weighted by atomic mass is 9.73. The van der Waals surface area contributed by atoms with E-state index in [1.807, 2.05) is 12.3 Å². The molecule has 3 aromatic heterocycles. The van der Waals surface area contributed by atoms with Crippen molar-refractivity contribution in [2.75, 3.05) is 29.5 Å². The zero-order valence-electron chi connectivity index (χ0n) is 16.8. The third kappa shape index (κ3) is 3.46. The highest BCUT2D eigenvalue weighted by Crippen LogP contribution is 2.45. The Morgan fingerprint density at radius 3 is 2.65 bits per heavy atom. The van der Waals surface area contributed by atoms with E-state index in [4.69, 9.17) is 28.8 Å². The molecule has 1 unspecified atom stereocenters. The van der Waals surface area contributed by atoms with E-state index < -0.39 is 0 Å². The third-order valence-corrected chi connectivity index (χ3v) is 7.91. The van der Waals surface area contributed by atoms with E-state index >= 15 is 0 Å². The van der Waals surface area contributed by atoms with Crippen LogP contribution in [-0.4, -0.2) is 39.1 Å². The van der Waals surface area contributed by atoms with Crippen molar-refractivity contribution in [3.8, 4) is 0 Å². The molecule has 4 heterocycles. The van der Waals surface area contributed by atoms with Crippen LogP contribution in [0.5, 0.6) is 0 Å². The van der Waals surface area contributed by atoms with Crippen molar-refractivity contribution in [3.05, 3.63) is 53.1 Å². The summed E-state index contributed by atoms with van der Waals surface area (Å²) in [5.41, 5.74) is 21.0. The van der Waals surface area contributed by atoms with Crippen LogP contribution in [0.4, 0.5) is 17.5 Å². The molecule has 1 atom stereocenters. The highest BCUT2D eigenvalue weighted by Gasteiger charge is 2.48. The van der Waals surface area contributed by atoms with Crippen LogP contribution in [0.25, 0.3) is 0 Å². The molecule has 1 saturated heterocycles. The van der Waals surface area contributed by atoms with Gasteiger partial charge in [-0.05, 0) is 37.0 Å². The molecular weight excluding hydrogens is 432 g/mol. The molecule has 8 nitrogen and oxygen atoms in total. The smallest absolute Gasteiger partial charge is 0.158 e. The Bertz CT molecular complexity index is 1130. The highest BCUT2D eigenvalue weighted by atomic mass is 35.5. The third-order valence-electron chi connectivity index (χ3n) is 6.33. The number of halogens is 1. The van der Waals surface area contributed by atoms with Crippen LogP contribution in [0.3, 0.4) is 0 Å². The Morgan fingerprint density at radius 2 is 1.87 bits per heavy atom. The summed E-state index contributed by atoms with van der Waals surface area (Å²) in [5.74, 6) is 1.40. The number of aromatic nitrogens is 4. The average molecular weight is 455 g/mol. The van der Waals surface area contributed by atoms with Crippen molar-refractivity contribution < 1.29 is 0 Å². The maximum absolute atomic E-state index is 6.59. The quantitative estimate of drug-likeness (QED) is 0.546. The molecule has 2 aliphatic rings. The van der Waals surface area contributed by atoms with Gasteiger partial charge in [0.05, 0.1) is 16.9 Å². The molecule has 160 valence electrons. The number of hydrogen-bond acceptors (Lipinski definition) is 9. The van der Waals surface area contributed by atoms with Gasteiger partial charge in [-0.15, -0.1) is 0 Å². The SMILES string of the molecule is Nc1nc(N2CCC3(CC2)c2ncccc2CC3N)cnc1Sc1ccnc(N)c1Cl. The number of nitrogens with two attached hydrogens (primary N) is 3. The molecule has 0 saturated carbocycles. The van der Waals surface area contributed by atoms with Crippen molar-refractivity contribution in [2.45, 2.75) is 40.6 Å². The minimum absolute atomic E-state index is 0.0557. The minimum atomic E-state index is -0.0557. The van der Waals surface area contributed by atoms with Gasteiger partial charge < -0.3 is 22.1 Å². The summed E-state index contributed by atoms with van der Waals surface area (Å²) in [7, 11) is 0. The van der Waals surface area contributed by atoms with E-state index in [-0.39, 0.29) is 17.3 Å². The number of piperidine rings is 1. The number of anilines is 3. The molecule has 6 N–H and O–H groups in total. The summed E-state index contributed by atoms with van der Waals surface area (Å²) in [4.78, 5) is 20.8. The molecule has 0 radical (unpaired) electrons. The van der Waals surface area contributed by atoms with Crippen molar-refractivity contribution in [3.63, 3.8) is 0 Å². The second-order valence-electron chi connectivity index (χ2n) is 7.99. The molecule has 0 amide bonds. The van der Waals surface area contributed by atoms with Gasteiger partial charge in [-0.25, -0.2) is 15.0 Å². The molecule has 0 bridgehead atoms. The molecule has 31 heavy (non-hydrogen) atoms. The number of hydrogen-bond donors (Lipinski definition) is 3. The zero-order chi connectivity index (χ0) is 21.6. The first-order valence-electron chi connectivity index (χ1n) is 10.1. The lowest BCUT2D eigenvalue weighted by Gasteiger charge is -2.42. The summed E-state index contributed by atoms with van der Waals surface area (Å²) < 4.78 is 0. The van der Waals surface area contributed by atoms with Gasteiger partial charge >= 0.3 is 0 Å². The van der Waals surface area contributed by atoms with Gasteiger partial charge in [0.25, 0.3) is 0 Å². The van der Waals surface area contributed by atoms with Gasteiger partial charge in [-0.2, -0.15) is 0 Å². The number of pyridine rings is 2. The minimum Gasteiger partial charge on any atom is -0.382 e. The Hall–Kier alpha value is -2.62. The number of nitrogens with zero attached hydrogens (tertiary/aromatic N) is 5. The van der Waals surface area contributed by atoms with Gasteiger partial charge in [-0.1, -0.05) is 29.4 Å². The zero-order valence-corrected chi connectivity index (χ0v) is 18.4. The summed E-state index contributed by atoms with van der Waals surface area (Å²) in [5, 5.41) is 0.974.